The molecule has 2 nitrogen and oxygen atoms in total. The van der Waals surface area contributed by atoms with Crippen molar-refractivity contribution < 1.29 is 0 Å². The lowest BCUT2D eigenvalue weighted by molar-refractivity contribution is 0.114. The van der Waals surface area contributed by atoms with Crippen molar-refractivity contribution in [2.24, 2.45) is 17.6 Å². The van der Waals surface area contributed by atoms with Crippen LogP contribution in [-0.4, -0.2) is 30.1 Å². The third-order valence-corrected chi connectivity index (χ3v) is 3.35. The molecule has 1 aliphatic heterocycles. The summed E-state index contributed by atoms with van der Waals surface area (Å²) in [4.78, 5) is 2.56. The molecule has 1 aliphatic rings. The summed E-state index contributed by atoms with van der Waals surface area (Å²) in [6, 6.07) is 0. The number of hydrogen-bond acceptors (Lipinski definition) is 2. The van der Waals surface area contributed by atoms with Gasteiger partial charge in [0.1, 0.15) is 0 Å². The Morgan fingerprint density at radius 3 is 2.27 bits per heavy atom. The molecule has 0 aliphatic carbocycles. The van der Waals surface area contributed by atoms with Crippen LogP contribution in [-0.2, 0) is 0 Å². The maximum absolute atomic E-state index is 6.31. The molecule has 2 N–H and O–H groups in total. The topological polar surface area (TPSA) is 29.3 Å². The molecule has 1 rings (SSSR count). The van der Waals surface area contributed by atoms with E-state index in [2.05, 4.69) is 32.6 Å². The van der Waals surface area contributed by atoms with E-state index >= 15 is 0 Å². The normalized spacial score (nSPS) is 32.6. The highest BCUT2D eigenvalue weighted by molar-refractivity contribution is 4.85. The fourth-order valence-corrected chi connectivity index (χ4v) is 3.08. The summed E-state index contributed by atoms with van der Waals surface area (Å²) in [6.07, 6.45) is 3.70. The van der Waals surface area contributed by atoms with Crippen LogP contribution >= 0.6 is 0 Å². The Bertz CT molecular complexity index is 179. The molecule has 3 atom stereocenters. The van der Waals surface area contributed by atoms with Crippen molar-refractivity contribution >= 4 is 0 Å². The first-order valence-corrected chi connectivity index (χ1v) is 6.44. The van der Waals surface area contributed by atoms with Gasteiger partial charge in [-0.05, 0) is 31.6 Å². The molecule has 0 spiro atoms. The second kappa shape index (κ2) is 5.31. The Hall–Kier alpha value is -0.0800. The SMILES string of the molecule is CCCC(C)(N)CN1CC(C)CC(C)C1. The van der Waals surface area contributed by atoms with E-state index in [-0.39, 0.29) is 5.54 Å². The average molecular weight is 212 g/mol. The Balaban J connectivity index is 2.43. The van der Waals surface area contributed by atoms with Crippen molar-refractivity contribution in [1.82, 2.24) is 4.90 Å². The summed E-state index contributed by atoms with van der Waals surface area (Å²) in [5, 5.41) is 0. The van der Waals surface area contributed by atoms with Gasteiger partial charge in [0.2, 0.25) is 0 Å². The molecule has 0 aromatic carbocycles. The van der Waals surface area contributed by atoms with Gasteiger partial charge in [0.05, 0.1) is 0 Å². The van der Waals surface area contributed by atoms with Crippen molar-refractivity contribution in [3.05, 3.63) is 0 Å². The van der Waals surface area contributed by atoms with Crippen LogP contribution in [0.5, 0.6) is 0 Å². The lowest BCUT2D eigenvalue weighted by Crippen LogP contribution is -2.51. The average Bonchev–Trinajstić information content (AvgIpc) is 1.99. The van der Waals surface area contributed by atoms with E-state index in [0.29, 0.717) is 0 Å². The summed E-state index contributed by atoms with van der Waals surface area (Å²) in [6.45, 7) is 12.7. The third-order valence-electron chi connectivity index (χ3n) is 3.35. The molecule has 15 heavy (non-hydrogen) atoms. The smallest absolute Gasteiger partial charge is 0.0254 e. The summed E-state index contributed by atoms with van der Waals surface area (Å²) in [5.41, 5.74) is 6.31. The zero-order valence-electron chi connectivity index (χ0n) is 10.9. The molecule has 0 aromatic heterocycles. The second-order valence-electron chi connectivity index (χ2n) is 6.04. The highest BCUT2D eigenvalue weighted by atomic mass is 15.2. The van der Waals surface area contributed by atoms with Crippen LogP contribution in [0.15, 0.2) is 0 Å². The van der Waals surface area contributed by atoms with Crippen molar-refractivity contribution in [2.45, 2.75) is 52.5 Å². The molecule has 0 bridgehead atoms. The van der Waals surface area contributed by atoms with Crippen LogP contribution in [0.3, 0.4) is 0 Å². The zero-order valence-corrected chi connectivity index (χ0v) is 10.9. The number of nitrogens with zero attached hydrogens (tertiary/aromatic N) is 1. The summed E-state index contributed by atoms with van der Waals surface area (Å²) in [7, 11) is 0. The van der Waals surface area contributed by atoms with E-state index in [1.54, 1.807) is 0 Å². The van der Waals surface area contributed by atoms with Crippen molar-refractivity contribution in [3.8, 4) is 0 Å². The van der Waals surface area contributed by atoms with Crippen molar-refractivity contribution in [2.75, 3.05) is 19.6 Å². The lowest BCUT2D eigenvalue weighted by Gasteiger charge is -2.39. The van der Waals surface area contributed by atoms with E-state index in [1.165, 1.54) is 25.9 Å². The molecular formula is C13H28N2. The van der Waals surface area contributed by atoms with Gasteiger partial charge in [0.15, 0.2) is 0 Å². The Labute approximate surface area is 95.2 Å². The molecule has 0 aromatic rings. The standard InChI is InChI=1S/C13H28N2/c1-5-6-13(4,14)10-15-8-11(2)7-12(3)9-15/h11-12H,5-10,14H2,1-4H3. The van der Waals surface area contributed by atoms with Gasteiger partial charge in [0.25, 0.3) is 0 Å². The molecule has 90 valence electrons. The summed E-state index contributed by atoms with van der Waals surface area (Å²) in [5.74, 6) is 1.68. The quantitative estimate of drug-likeness (QED) is 0.776. The number of rotatable bonds is 4. The summed E-state index contributed by atoms with van der Waals surface area (Å²) < 4.78 is 0. The molecule has 1 fully saturated rings. The largest absolute Gasteiger partial charge is 0.324 e. The van der Waals surface area contributed by atoms with Gasteiger partial charge < -0.3 is 10.6 Å². The minimum absolute atomic E-state index is 0.00549. The maximum atomic E-state index is 6.31. The minimum Gasteiger partial charge on any atom is -0.324 e. The van der Waals surface area contributed by atoms with E-state index in [9.17, 15) is 0 Å². The van der Waals surface area contributed by atoms with Crippen molar-refractivity contribution in [3.63, 3.8) is 0 Å². The number of piperidine rings is 1. The minimum atomic E-state index is 0.00549. The van der Waals surface area contributed by atoms with Crippen LogP contribution in [0.2, 0.25) is 0 Å². The number of nitrogens with two attached hydrogens (primary N) is 1. The molecule has 0 saturated carbocycles. The van der Waals surface area contributed by atoms with Crippen LogP contribution in [0, 0.1) is 11.8 Å². The first kappa shape index (κ1) is 13.0. The van der Waals surface area contributed by atoms with Crippen LogP contribution in [0.1, 0.15) is 47.0 Å². The van der Waals surface area contributed by atoms with Crippen LogP contribution < -0.4 is 5.73 Å². The number of hydrogen-bond donors (Lipinski definition) is 1. The van der Waals surface area contributed by atoms with Crippen LogP contribution in [0.25, 0.3) is 0 Å². The fourth-order valence-electron chi connectivity index (χ4n) is 3.08. The van der Waals surface area contributed by atoms with Gasteiger partial charge in [0, 0.05) is 25.2 Å². The molecule has 0 amide bonds. The highest BCUT2D eigenvalue weighted by Crippen LogP contribution is 2.22. The molecule has 2 heteroatoms. The van der Waals surface area contributed by atoms with Crippen LogP contribution in [0.4, 0.5) is 0 Å². The highest BCUT2D eigenvalue weighted by Gasteiger charge is 2.27. The molecule has 0 radical (unpaired) electrons. The second-order valence-corrected chi connectivity index (χ2v) is 6.04. The Morgan fingerprint density at radius 1 is 1.27 bits per heavy atom. The van der Waals surface area contributed by atoms with Gasteiger partial charge in [-0.25, -0.2) is 0 Å². The summed E-state index contributed by atoms with van der Waals surface area (Å²) >= 11 is 0. The van der Waals surface area contributed by atoms with Gasteiger partial charge >= 0.3 is 0 Å². The lowest BCUT2D eigenvalue weighted by atomic mass is 9.89. The fraction of sp³-hybridized carbons (Fsp3) is 1.00. The van der Waals surface area contributed by atoms with E-state index in [1.807, 2.05) is 0 Å². The maximum Gasteiger partial charge on any atom is 0.0254 e. The van der Waals surface area contributed by atoms with Crippen molar-refractivity contribution in [1.29, 1.82) is 0 Å². The Kier molecular flexibility index (Phi) is 4.60. The van der Waals surface area contributed by atoms with E-state index < -0.39 is 0 Å². The van der Waals surface area contributed by atoms with E-state index in [4.69, 9.17) is 5.73 Å². The molecular weight excluding hydrogens is 184 g/mol. The predicted octanol–water partition coefficient (Wildman–Crippen LogP) is 2.48. The number of likely N-dealkylation sites (tertiary alicyclic amines) is 1. The van der Waals surface area contributed by atoms with Gasteiger partial charge in [-0.15, -0.1) is 0 Å². The van der Waals surface area contributed by atoms with Gasteiger partial charge in [-0.1, -0.05) is 27.2 Å². The third kappa shape index (κ3) is 4.52. The predicted molar refractivity (Wildman–Crippen MR) is 66.9 cm³/mol. The first-order valence-electron chi connectivity index (χ1n) is 6.44. The molecule has 1 heterocycles. The zero-order chi connectivity index (χ0) is 11.5. The van der Waals surface area contributed by atoms with E-state index in [0.717, 1.165) is 24.8 Å². The van der Waals surface area contributed by atoms with Gasteiger partial charge in [-0.3, -0.25) is 0 Å². The van der Waals surface area contributed by atoms with Gasteiger partial charge in [-0.2, -0.15) is 0 Å². The Morgan fingerprint density at radius 2 is 1.80 bits per heavy atom. The first-order chi connectivity index (χ1) is 6.93. The molecule has 1 saturated heterocycles. The molecule has 3 unspecified atom stereocenters. The monoisotopic (exact) mass is 212 g/mol.